The molecule has 2 aromatic rings. The second-order valence-corrected chi connectivity index (χ2v) is 8.44. The lowest BCUT2D eigenvalue weighted by Crippen LogP contribution is -2.48. The fraction of sp³-hybridized carbons (Fsp3) is 0.625. The molecule has 1 N–H and O–H groups in total. The first-order valence-electron chi connectivity index (χ1n) is 11.6. The van der Waals surface area contributed by atoms with Crippen LogP contribution >= 0.6 is 0 Å². The van der Waals surface area contributed by atoms with Gasteiger partial charge in [0.25, 0.3) is 5.56 Å². The molecule has 1 unspecified atom stereocenters. The van der Waals surface area contributed by atoms with Gasteiger partial charge in [-0.3, -0.25) is 9.36 Å². The summed E-state index contributed by atoms with van der Waals surface area (Å²) in [5, 5.41) is 3.78. The minimum Gasteiger partial charge on any atom is -0.385 e. The first-order chi connectivity index (χ1) is 15.6. The van der Waals surface area contributed by atoms with Gasteiger partial charge in [0.1, 0.15) is 5.82 Å². The Labute approximate surface area is 189 Å². The highest BCUT2D eigenvalue weighted by atomic mass is 16.5. The van der Waals surface area contributed by atoms with Crippen molar-refractivity contribution in [3.8, 4) is 0 Å². The zero-order valence-corrected chi connectivity index (χ0v) is 19.5. The number of benzene rings is 1. The number of hydrogen-bond acceptors (Lipinski definition) is 5. The maximum Gasteiger partial charge on any atom is 0.318 e. The molecule has 8 heteroatoms. The number of ether oxygens (including phenoxy) is 2. The number of fused-ring (bicyclic) bond motifs is 1. The molecule has 1 aromatic heterocycles. The Kier molecular flexibility index (Phi) is 9.05. The number of amides is 2. The van der Waals surface area contributed by atoms with E-state index >= 15 is 0 Å². The number of hydrogen-bond donors (Lipinski definition) is 1. The van der Waals surface area contributed by atoms with Crippen LogP contribution in [-0.4, -0.2) is 60.5 Å². The van der Waals surface area contributed by atoms with Gasteiger partial charge < -0.3 is 19.7 Å². The van der Waals surface area contributed by atoms with Crippen LogP contribution in [0.15, 0.2) is 29.1 Å². The Hall–Kier alpha value is -2.45. The smallest absolute Gasteiger partial charge is 0.318 e. The summed E-state index contributed by atoms with van der Waals surface area (Å²) < 4.78 is 12.1. The fourth-order valence-corrected chi connectivity index (χ4v) is 4.40. The maximum atomic E-state index is 13.3. The lowest BCUT2D eigenvalue weighted by molar-refractivity contribution is 0.145. The van der Waals surface area contributed by atoms with Crippen molar-refractivity contribution in [1.82, 2.24) is 19.8 Å². The van der Waals surface area contributed by atoms with E-state index in [2.05, 4.69) is 5.32 Å². The quantitative estimate of drug-likeness (QED) is 0.567. The molecule has 3 rings (SSSR count). The number of carbonyl (C=O) groups is 1. The van der Waals surface area contributed by atoms with Crippen molar-refractivity contribution in [2.75, 3.05) is 34.0 Å². The summed E-state index contributed by atoms with van der Waals surface area (Å²) in [6, 6.07) is 7.04. The highest BCUT2D eigenvalue weighted by Crippen LogP contribution is 2.22. The van der Waals surface area contributed by atoms with E-state index in [-0.39, 0.29) is 23.7 Å². The van der Waals surface area contributed by atoms with Gasteiger partial charge in [0.05, 0.1) is 30.1 Å². The second kappa shape index (κ2) is 12.0. The zero-order valence-electron chi connectivity index (χ0n) is 19.5. The molecule has 0 radical (unpaired) electrons. The van der Waals surface area contributed by atoms with E-state index in [4.69, 9.17) is 14.5 Å². The molecule has 1 aromatic carbocycles. The summed E-state index contributed by atoms with van der Waals surface area (Å²) in [4.78, 5) is 33.2. The molecule has 1 aliphatic carbocycles. The van der Waals surface area contributed by atoms with Crippen LogP contribution in [0.2, 0.25) is 0 Å². The maximum absolute atomic E-state index is 13.3. The van der Waals surface area contributed by atoms with E-state index in [1.165, 1.54) is 6.42 Å². The van der Waals surface area contributed by atoms with Crippen LogP contribution in [0.3, 0.4) is 0 Å². The number of nitrogens with one attached hydrogen (secondary N) is 1. The molecular weight excluding hydrogens is 408 g/mol. The predicted molar refractivity (Wildman–Crippen MR) is 125 cm³/mol. The number of para-hydroxylation sites is 1. The Bertz CT molecular complexity index is 939. The van der Waals surface area contributed by atoms with E-state index in [1.807, 2.05) is 25.1 Å². The summed E-state index contributed by atoms with van der Waals surface area (Å²) >= 11 is 0. The van der Waals surface area contributed by atoms with E-state index in [1.54, 1.807) is 29.8 Å². The molecule has 1 fully saturated rings. The first-order valence-corrected chi connectivity index (χ1v) is 11.6. The normalized spacial score (nSPS) is 15.6. The Morgan fingerprint density at radius 1 is 1.19 bits per heavy atom. The molecule has 8 nitrogen and oxygen atoms in total. The molecule has 0 spiro atoms. The van der Waals surface area contributed by atoms with Gasteiger partial charge in [-0.1, -0.05) is 31.4 Å². The average Bonchev–Trinajstić information content (AvgIpc) is 2.81. The van der Waals surface area contributed by atoms with Gasteiger partial charge in [-0.05, 0) is 38.3 Å². The Morgan fingerprint density at radius 3 is 2.62 bits per heavy atom. The fourth-order valence-electron chi connectivity index (χ4n) is 4.40. The van der Waals surface area contributed by atoms with Crippen LogP contribution in [0.5, 0.6) is 0 Å². The topological polar surface area (TPSA) is 85.7 Å². The minimum atomic E-state index is -0.385. The number of carbonyl (C=O) groups excluding carboxylic acids is 1. The van der Waals surface area contributed by atoms with Gasteiger partial charge >= 0.3 is 6.03 Å². The van der Waals surface area contributed by atoms with Crippen LogP contribution in [-0.2, 0) is 16.0 Å². The Morgan fingerprint density at radius 2 is 1.91 bits per heavy atom. The molecule has 0 aliphatic heterocycles. The van der Waals surface area contributed by atoms with Crippen molar-refractivity contribution in [1.29, 1.82) is 0 Å². The van der Waals surface area contributed by atoms with Gasteiger partial charge in [0, 0.05) is 33.4 Å². The molecule has 0 bridgehead atoms. The number of rotatable bonds is 10. The highest BCUT2D eigenvalue weighted by molar-refractivity contribution is 5.78. The molecule has 1 heterocycles. The van der Waals surface area contributed by atoms with Crippen LogP contribution in [0, 0.1) is 0 Å². The van der Waals surface area contributed by atoms with Gasteiger partial charge in [0.2, 0.25) is 0 Å². The second-order valence-electron chi connectivity index (χ2n) is 8.44. The minimum absolute atomic E-state index is 0.110. The van der Waals surface area contributed by atoms with Crippen molar-refractivity contribution in [3.63, 3.8) is 0 Å². The number of nitrogens with zero attached hydrogens (tertiary/aromatic N) is 3. The third kappa shape index (κ3) is 5.86. The average molecular weight is 445 g/mol. The molecule has 1 aliphatic rings. The lowest BCUT2D eigenvalue weighted by atomic mass is 9.96. The lowest BCUT2D eigenvalue weighted by Gasteiger charge is -2.33. The number of urea groups is 1. The molecule has 176 valence electrons. The number of aromatic nitrogens is 2. The summed E-state index contributed by atoms with van der Waals surface area (Å²) in [6.07, 6.45) is 6.25. The van der Waals surface area contributed by atoms with Crippen LogP contribution < -0.4 is 10.9 Å². The largest absolute Gasteiger partial charge is 0.385 e. The van der Waals surface area contributed by atoms with Gasteiger partial charge in [0.15, 0.2) is 0 Å². The summed E-state index contributed by atoms with van der Waals surface area (Å²) in [5.41, 5.74) is 0.525. The van der Waals surface area contributed by atoms with Crippen molar-refractivity contribution >= 4 is 16.9 Å². The third-order valence-electron chi connectivity index (χ3n) is 6.19. The summed E-state index contributed by atoms with van der Waals surface area (Å²) in [6.45, 7) is 3.77. The molecule has 1 saturated carbocycles. The van der Waals surface area contributed by atoms with Crippen LogP contribution in [0.25, 0.3) is 10.9 Å². The molecular formula is C24H36N4O4. The van der Waals surface area contributed by atoms with E-state index in [9.17, 15) is 9.59 Å². The van der Waals surface area contributed by atoms with Gasteiger partial charge in [-0.15, -0.1) is 0 Å². The van der Waals surface area contributed by atoms with Crippen molar-refractivity contribution in [2.24, 2.45) is 0 Å². The van der Waals surface area contributed by atoms with Gasteiger partial charge in [-0.25, -0.2) is 9.78 Å². The van der Waals surface area contributed by atoms with Crippen molar-refractivity contribution in [2.45, 2.75) is 64.1 Å². The molecule has 2 amide bonds. The van der Waals surface area contributed by atoms with Crippen molar-refractivity contribution < 1.29 is 14.3 Å². The monoisotopic (exact) mass is 444 g/mol. The zero-order chi connectivity index (χ0) is 22.9. The van der Waals surface area contributed by atoms with Crippen molar-refractivity contribution in [3.05, 3.63) is 40.4 Å². The molecule has 0 saturated heterocycles. The van der Waals surface area contributed by atoms with E-state index < -0.39 is 0 Å². The molecule has 1 atom stereocenters. The predicted octanol–water partition coefficient (Wildman–Crippen LogP) is 3.48. The first kappa shape index (κ1) is 24.2. The van der Waals surface area contributed by atoms with E-state index in [0.29, 0.717) is 49.5 Å². The standard InChI is InChI=1S/C24H36N4O4/c1-18(27(14-9-16-31-2)24(30)25-19-10-5-4-6-11-19)22-26-21-13-8-7-12-20(21)23(29)28(22)15-17-32-3/h7-8,12-13,18-19H,4-6,9-11,14-17H2,1-3H3,(H,25,30). The summed E-state index contributed by atoms with van der Waals surface area (Å²) in [7, 11) is 3.26. The Balaban J connectivity index is 1.94. The highest BCUT2D eigenvalue weighted by Gasteiger charge is 2.28. The summed E-state index contributed by atoms with van der Waals surface area (Å²) in [5.74, 6) is 0.571. The van der Waals surface area contributed by atoms with E-state index in [0.717, 1.165) is 25.7 Å². The SMILES string of the molecule is COCCCN(C(=O)NC1CCCCC1)C(C)c1nc2ccccc2c(=O)n1CCOC. The molecule has 32 heavy (non-hydrogen) atoms. The van der Waals surface area contributed by atoms with Crippen LogP contribution in [0.1, 0.15) is 57.3 Å². The third-order valence-corrected chi connectivity index (χ3v) is 6.19. The van der Waals surface area contributed by atoms with Gasteiger partial charge in [-0.2, -0.15) is 0 Å². The van der Waals surface area contributed by atoms with Crippen LogP contribution in [0.4, 0.5) is 4.79 Å². The number of methoxy groups -OCH3 is 2.